The summed E-state index contributed by atoms with van der Waals surface area (Å²) in [6, 6.07) is 4.25. The Morgan fingerprint density at radius 1 is 1.47 bits per heavy atom. The smallest absolute Gasteiger partial charge is 0.274 e. The lowest BCUT2D eigenvalue weighted by Crippen LogP contribution is -1.97. The first kappa shape index (κ1) is 11.8. The Morgan fingerprint density at radius 2 is 2.20 bits per heavy atom. The number of hydrogen-bond acceptors (Lipinski definition) is 3. The monoisotopic (exact) mass is 229 g/mol. The van der Waals surface area contributed by atoms with E-state index in [4.69, 9.17) is 16.3 Å². The van der Waals surface area contributed by atoms with Crippen molar-refractivity contribution in [2.24, 2.45) is 0 Å². The second-order valence-corrected chi connectivity index (χ2v) is 3.54. The number of non-ortho nitro benzene ring substituents is 1. The molecule has 1 rings (SSSR count). The average molecular weight is 230 g/mol. The third kappa shape index (κ3) is 3.75. The van der Waals surface area contributed by atoms with Gasteiger partial charge in [0.15, 0.2) is 0 Å². The fourth-order valence-electron chi connectivity index (χ4n) is 1.07. The van der Waals surface area contributed by atoms with Gasteiger partial charge >= 0.3 is 0 Å². The molecule has 1 aromatic rings. The highest BCUT2D eigenvalue weighted by atomic mass is 35.5. The van der Waals surface area contributed by atoms with E-state index in [1.165, 1.54) is 12.1 Å². The molecule has 15 heavy (non-hydrogen) atoms. The molecule has 0 aliphatic carbocycles. The Morgan fingerprint density at radius 3 is 2.80 bits per heavy atom. The van der Waals surface area contributed by atoms with Gasteiger partial charge in [-0.25, -0.2) is 0 Å². The van der Waals surface area contributed by atoms with E-state index < -0.39 is 4.92 Å². The molecule has 0 aliphatic rings. The van der Waals surface area contributed by atoms with Crippen LogP contribution in [0.15, 0.2) is 18.2 Å². The number of nitrogens with zero attached hydrogens (tertiary/aromatic N) is 1. The molecule has 0 unspecified atom stereocenters. The maximum absolute atomic E-state index is 10.5. The van der Waals surface area contributed by atoms with Crippen LogP contribution in [0.4, 0.5) is 5.69 Å². The second kappa shape index (κ2) is 5.56. The summed E-state index contributed by atoms with van der Waals surface area (Å²) in [5, 5.41) is 10.8. The molecule has 4 nitrogen and oxygen atoms in total. The highest BCUT2D eigenvalue weighted by Crippen LogP contribution is 2.25. The van der Waals surface area contributed by atoms with Crippen LogP contribution in [0.2, 0.25) is 5.02 Å². The van der Waals surface area contributed by atoms with Crippen molar-refractivity contribution in [3.05, 3.63) is 33.3 Å². The molecule has 0 saturated heterocycles. The predicted octanol–water partition coefficient (Wildman–Crippen LogP) is 3.43. The topological polar surface area (TPSA) is 52.4 Å². The molecule has 0 saturated carbocycles. The molecule has 0 atom stereocenters. The van der Waals surface area contributed by atoms with Crippen LogP contribution >= 0.6 is 11.6 Å². The summed E-state index contributed by atoms with van der Waals surface area (Å²) in [7, 11) is 0. The van der Waals surface area contributed by atoms with Crippen LogP contribution in [0, 0.1) is 10.1 Å². The maximum atomic E-state index is 10.5. The summed E-state index contributed by atoms with van der Waals surface area (Å²) in [4.78, 5) is 10.0. The van der Waals surface area contributed by atoms with E-state index in [0.29, 0.717) is 17.4 Å². The summed E-state index contributed by atoms with van der Waals surface area (Å²) in [6.45, 7) is 2.60. The van der Waals surface area contributed by atoms with E-state index in [1.54, 1.807) is 6.07 Å². The Hall–Kier alpha value is -1.29. The minimum atomic E-state index is -0.488. The molecule has 0 fully saturated rings. The summed E-state index contributed by atoms with van der Waals surface area (Å²) >= 11 is 5.72. The Bertz CT molecular complexity index is 355. The van der Waals surface area contributed by atoms with Gasteiger partial charge in [0, 0.05) is 6.07 Å². The van der Waals surface area contributed by atoms with Crippen molar-refractivity contribution in [3.8, 4) is 5.75 Å². The SMILES string of the molecule is CCCCOc1cc(Cl)cc([N+](=O)[O-])c1. The Balaban J connectivity index is 2.75. The predicted molar refractivity (Wildman–Crippen MR) is 58.5 cm³/mol. The van der Waals surface area contributed by atoms with Gasteiger partial charge in [-0.05, 0) is 12.5 Å². The van der Waals surface area contributed by atoms with Crippen LogP contribution in [0.1, 0.15) is 19.8 Å². The quantitative estimate of drug-likeness (QED) is 0.442. The second-order valence-electron chi connectivity index (χ2n) is 3.10. The van der Waals surface area contributed by atoms with Gasteiger partial charge in [0.1, 0.15) is 5.75 Å². The van der Waals surface area contributed by atoms with Gasteiger partial charge in [-0.3, -0.25) is 10.1 Å². The van der Waals surface area contributed by atoms with Crippen molar-refractivity contribution < 1.29 is 9.66 Å². The zero-order chi connectivity index (χ0) is 11.3. The lowest BCUT2D eigenvalue weighted by atomic mass is 10.3. The average Bonchev–Trinajstić information content (AvgIpc) is 2.17. The highest BCUT2D eigenvalue weighted by molar-refractivity contribution is 6.30. The van der Waals surface area contributed by atoms with Gasteiger partial charge in [0.2, 0.25) is 0 Å². The van der Waals surface area contributed by atoms with Crippen LogP contribution in [0.3, 0.4) is 0 Å². The van der Waals surface area contributed by atoms with E-state index in [9.17, 15) is 10.1 Å². The van der Waals surface area contributed by atoms with Crippen molar-refractivity contribution >= 4 is 17.3 Å². The number of hydrogen-bond donors (Lipinski definition) is 0. The lowest BCUT2D eigenvalue weighted by molar-refractivity contribution is -0.384. The van der Waals surface area contributed by atoms with Gasteiger partial charge in [0.25, 0.3) is 5.69 Å². The zero-order valence-electron chi connectivity index (χ0n) is 8.40. The molecule has 0 N–H and O–H groups in total. The molecule has 1 aromatic carbocycles. The van der Waals surface area contributed by atoms with E-state index >= 15 is 0 Å². The third-order valence-electron chi connectivity index (χ3n) is 1.83. The first-order valence-electron chi connectivity index (χ1n) is 4.71. The van der Waals surface area contributed by atoms with Gasteiger partial charge < -0.3 is 4.74 Å². The molecular weight excluding hydrogens is 218 g/mol. The summed E-state index contributed by atoms with van der Waals surface area (Å²) in [5.74, 6) is 0.447. The molecular formula is C10H12ClNO3. The van der Waals surface area contributed by atoms with Crippen molar-refractivity contribution in [3.63, 3.8) is 0 Å². The number of rotatable bonds is 5. The highest BCUT2D eigenvalue weighted by Gasteiger charge is 2.09. The molecule has 82 valence electrons. The van der Waals surface area contributed by atoms with E-state index in [0.717, 1.165) is 12.8 Å². The minimum Gasteiger partial charge on any atom is -0.493 e. The first-order valence-corrected chi connectivity index (χ1v) is 5.09. The normalized spacial score (nSPS) is 10.0. The lowest BCUT2D eigenvalue weighted by Gasteiger charge is -2.05. The van der Waals surface area contributed by atoms with Crippen LogP contribution in [0.25, 0.3) is 0 Å². The molecule has 0 bridgehead atoms. The van der Waals surface area contributed by atoms with Crippen molar-refractivity contribution in [2.45, 2.75) is 19.8 Å². The van der Waals surface area contributed by atoms with Crippen LogP contribution in [-0.2, 0) is 0 Å². The standard InChI is InChI=1S/C10H12ClNO3/c1-2-3-4-15-10-6-8(11)5-9(7-10)12(13)14/h5-7H,2-4H2,1H3. The Labute approximate surface area is 93.0 Å². The number of nitro groups is 1. The van der Waals surface area contributed by atoms with E-state index in [2.05, 4.69) is 0 Å². The van der Waals surface area contributed by atoms with Gasteiger partial charge in [-0.15, -0.1) is 0 Å². The van der Waals surface area contributed by atoms with Gasteiger partial charge in [-0.2, -0.15) is 0 Å². The van der Waals surface area contributed by atoms with Crippen molar-refractivity contribution in [1.82, 2.24) is 0 Å². The van der Waals surface area contributed by atoms with Crippen LogP contribution in [0.5, 0.6) is 5.75 Å². The largest absolute Gasteiger partial charge is 0.493 e. The Kier molecular flexibility index (Phi) is 4.37. The number of ether oxygens (including phenoxy) is 1. The molecule has 0 spiro atoms. The van der Waals surface area contributed by atoms with E-state index in [-0.39, 0.29) is 5.69 Å². The molecule has 0 aromatic heterocycles. The molecule has 5 heteroatoms. The fourth-order valence-corrected chi connectivity index (χ4v) is 1.29. The number of halogens is 1. The summed E-state index contributed by atoms with van der Waals surface area (Å²) in [6.07, 6.45) is 1.93. The number of benzene rings is 1. The minimum absolute atomic E-state index is 0.0472. The van der Waals surface area contributed by atoms with Crippen LogP contribution < -0.4 is 4.74 Å². The van der Waals surface area contributed by atoms with Crippen molar-refractivity contribution in [2.75, 3.05) is 6.61 Å². The van der Waals surface area contributed by atoms with Gasteiger partial charge in [0.05, 0.1) is 22.6 Å². The first-order chi connectivity index (χ1) is 7.13. The molecule has 0 heterocycles. The number of unbranched alkanes of at least 4 members (excludes halogenated alkanes) is 1. The van der Waals surface area contributed by atoms with Gasteiger partial charge in [-0.1, -0.05) is 24.9 Å². The van der Waals surface area contributed by atoms with Crippen molar-refractivity contribution in [1.29, 1.82) is 0 Å². The zero-order valence-corrected chi connectivity index (χ0v) is 9.16. The van der Waals surface area contributed by atoms with E-state index in [1.807, 2.05) is 6.92 Å². The fraction of sp³-hybridized carbons (Fsp3) is 0.400. The summed E-state index contributed by atoms with van der Waals surface area (Å²) < 4.78 is 5.33. The molecule has 0 aliphatic heterocycles. The third-order valence-corrected chi connectivity index (χ3v) is 2.05. The van der Waals surface area contributed by atoms with Crippen LogP contribution in [-0.4, -0.2) is 11.5 Å². The maximum Gasteiger partial charge on any atom is 0.274 e. The summed E-state index contributed by atoms with van der Waals surface area (Å²) in [5.41, 5.74) is -0.0472. The number of nitro benzene ring substituents is 1. The molecule has 0 radical (unpaired) electrons. The molecule has 0 amide bonds.